The number of hydrogen-bond donors (Lipinski definition) is 2. The van der Waals surface area contributed by atoms with Gasteiger partial charge in [-0.3, -0.25) is 19.4 Å². The van der Waals surface area contributed by atoms with Gasteiger partial charge in [-0.15, -0.1) is 20.4 Å². The quantitative estimate of drug-likeness (QED) is 0.109. The molecule has 0 bridgehead atoms. The Morgan fingerprint density at radius 1 is 0.667 bits per heavy atom. The van der Waals surface area contributed by atoms with E-state index in [-0.39, 0.29) is 69.8 Å². The number of rotatable bonds is 12. The number of nitriles is 3. The first-order valence-corrected chi connectivity index (χ1v) is 25.1. The van der Waals surface area contributed by atoms with Crippen molar-refractivity contribution in [1.82, 2.24) is 39.6 Å². The van der Waals surface area contributed by atoms with Crippen LogP contribution in [0.15, 0.2) is 110 Å². The third-order valence-electron chi connectivity index (χ3n) is 14.5. The zero-order valence-electron chi connectivity index (χ0n) is 42.8. The Bertz CT molecular complexity index is 4090. The zero-order valence-corrected chi connectivity index (χ0v) is 42.8. The smallest absolute Gasteiger partial charge is 0.366 e. The molecule has 8 aromatic rings. The molecule has 0 saturated heterocycles. The minimum absolute atomic E-state index is 0.00526. The topological polar surface area (TPSA) is 228 Å². The van der Waals surface area contributed by atoms with Crippen LogP contribution < -0.4 is 20.4 Å². The van der Waals surface area contributed by atoms with Gasteiger partial charge in [0.05, 0.1) is 70.5 Å². The van der Waals surface area contributed by atoms with E-state index in [4.69, 9.17) is 4.98 Å². The van der Waals surface area contributed by atoms with Gasteiger partial charge in [0.25, 0.3) is 11.8 Å². The van der Waals surface area contributed by atoms with Gasteiger partial charge >= 0.3 is 18.4 Å². The first-order valence-electron chi connectivity index (χ1n) is 25.1. The molecule has 24 heteroatoms. The third-order valence-corrected chi connectivity index (χ3v) is 14.5. The second-order valence-electron chi connectivity index (χ2n) is 19.8. The maximum absolute atomic E-state index is 14.3. The van der Waals surface area contributed by atoms with Gasteiger partial charge in [-0.2, -0.15) is 42.1 Å². The van der Waals surface area contributed by atoms with E-state index < -0.39 is 60.0 Å². The Morgan fingerprint density at radius 2 is 1.20 bits per heavy atom. The monoisotopic (exact) mass is 1100 g/mol. The van der Waals surface area contributed by atoms with Crippen molar-refractivity contribution in [3.8, 4) is 69.3 Å². The second kappa shape index (κ2) is 20.4. The lowest BCUT2D eigenvalue weighted by molar-refractivity contribution is -0.139. The largest absolute Gasteiger partial charge is 0.416 e. The second-order valence-corrected chi connectivity index (χ2v) is 19.8. The maximum Gasteiger partial charge on any atom is 0.416 e. The van der Waals surface area contributed by atoms with Gasteiger partial charge in [-0.1, -0.05) is 12.1 Å². The molecule has 1 saturated carbocycles. The SMILES string of the molecule is C[C@@H](CC#N)Nc1cc(-c2cc(C#N)ccc2-c2nncn2[N+]#CCC2(Nc3cc(-c4cc(C#N)ccc4-c4nncn4C)cc(N4Cc5c(cccc5C(F)(F)F)C4=O)n3)CCC2)cc(N2Cc3c(cccc3C(F)(F)F)C2=O)n1. The number of nitrogens with one attached hydrogen (secondary N) is 2. The standard InChI is InChI=1S/C57H41F6N16O2/c1-32(14-18-64)70-47-22-35(24-49(71-47)77-28-43-39(53(77)80)6-3-8-45(43)56(58,59)60)42-21-34(27-66)11-13-38(42)52-75-68-31-79(52)69-19-17-55(15-5-16-55)73-48-23-36(41-20-33(26-65)10-12-37(41)51-74-67-30-76(51)2)25-50(72-48)78-29-44-40(54(78)81)7-4-9-46(44)57(61,62)63/h3-4,6-13,20-25,30-32H,5,14-17,28-29H2,1-2H3,(H,70,71)(H,72,73)/q+1/t32-/m0/s1. The molecular weight excluding hydrogens is 1050 g/mol. The molecule has 0 radical (unpaired) electrons. The minimum Gasteiger partial charge on any atom is -0.366 e. The van der Waals surface area contributed by atoms with Crippen LogP contribution in [0, 0.1) is 40.1 Å². The van der Waals surface area contributed by atoms with Crippen molar-refractivity contribution in [2.24, 2.45) is 7.05 Å². The zero-order chi connectivity index (χ0) is 57.0. The Kier molecular flexibility index (Phi) is 13.2. The molecule has 402 valence electrons. The highest BCUT2D eigenvalue weighted by molar-refractivity contribution is 6.11. The van der Waals surface area contributed by atoms with Crippen molar-refractivity contribution < 1.29 is 35.9 Å². The predicted molar refractivity (Wildman–Crippen MR) is 282 cm³/mol. The van der Waals surface area contributed by atoms with E-state index in [1.807, 2.05) is 0 Å². The van der Waals surface area contributed by atoms with Crippen LogP contribution in [0.25, 0.3) is 50.0 Å². The van der Waals surface area contributed by atoms with E-state index in [1.54, 1.807) is 73.1 Å². The molecule has 3 aliphatic rings. The molecule has 1 fully saturated rings. The van der Waals surface area contributed by atoms with Crippen molar-refractivity contribution in [3.63, 3.8) is 0 Å². The fourth-order valence-electron chi connectivity index (χ4n) is 10.4. The number of benzene rings is 4. The number of halogens is 6. The lowest BCUT2D eigenvalue weighted by Crippen LogP contribution is -2.45. The summed E-state index contributed by atoms with van der Waals surface area (Å²) < 4.78 is 88.6. The van der Waals surface area contributed by atoms with Crippen molar-refractivity contribution in [3.05, 3.63) is 159 Å². The Hall–Kier alpha value is -10.5. The van der Waals surface area contributed by atoms with Crippen molar-refractivity contribution >= 4 is 35.1 Å². The normalized spacial score (nSPS) is 14.7. The molecule has 1 aliphatic carbocycles. The van der Waals surface area contributed by atoms with Crippen LogP contribution in [0.2, 0.25) is 0 Å². The number of pyridine rings is 2. The van der Waals surface area contributed by atoms with Gasteiger partial charge in [0, 0.05) is 40.0 Å². The summed E-state index contributed by atoms with van der Waals surface area (Å²) in [6.07, 6.45) is -4.41. The number of aryl methyl sites for hydroxylation is 1. The molecule has 81 heavy (non-hydrogen) atoms. The van der Waals surface area contributed by atoms with Gasteiger partial charge in [-0.25, -0.2) is 9.97 Å². The molecular formula is C57H41F6N16O2+. The lowest BCUT2D eigenvalue weighted by atomic mass is 9.74. The van der Waals surface area contributed by atoms with Gasteiger partial charge < -0.3 is 15.2 Å². The summed E-state index contributed by atoms with van der Waals surface area (Å²) in [6.45, 7) is 0.888. The number of aromatic nitrogens is 8. The van der Waals surface area contributed by atoms with Gasteiger partial charge in [0.15, 0.2) is 12.2 Å². The highest BCUT2D eigenvalue weighted by atomic mass is 19.4. The van der Waals surface area contributed by atoms with Crippen LogP contribution >= 0.6 is 0 Å². The summed E-state index contributed by atoms with van der Waals surface area (Å²) in [6, 6.07) is 32.2. The predicted octanol–water partition coefficient (Wildman–Crippen LogP) is 11.2. The van der Waals surface area contributed by atoms with E-state index in [0.717, 1.165) is 23.5 Å². The molecule has 0 spiro atoms. The Morgan fingerprint density at radius 3 is 1.70 bits per heavy atom. The van der Waals surface area contributed by atoms with Crippen molar-refractivity contribution in [2.75, 3.05) is 20.4 Å². The van der Waals surface area contributed by atoms with Crippen LogP contribution in [0.1, 0.15) is 93.1 Å². The molecule has 4 aromatic carbocycles. The fourth-order valence-corrected chi connectivity index (χ4v) is 10.4. The number of nitrogens with zero attached hydrogens (tertiary/aromatic N) is 14. The van der Waals surface area contributed by atoms with Gasteiger partial charge in [0.2, 0.25) is 5.82 Å². The number of carbonyl (C=O) groups excluding carboxylic acids is 2. The highest BCUT2D eigenvalue weighted by Crippen LogP contribution is 2.45. The molecule has 2 N–H and O–H groups in total. The summed E-state index contributed by atoms with van der Waals surface area (Å²) >= 11 is 0. The van der Waals surface area contributed by atoms with Crippen LogP contribution in [0.4, 0.5) is 49.6 Å². The Balaban J connectivity index is 0.948. The molecule has 0 unspecified atom stereocenters. The number of carbonyl (C=O) groups is 2. The first-order chi connectivity index (χ1) is 38.8. The minimum atomic E-state index is -4.73. The number of alkyl halides is 6. The average Bonchev–Trinajstić information content (AvgIpc) is 4.47. The average molecular weight is 1100 g/mol. The summed E-state index contributed by atoms with van der Waals surface area (Å²) in [5.74, 6) is -0.260. The molecule has 1 atom stereocenters. The number of anilines is 4. The molecule has 18 nitrogen and oxygen atoms in total. The van der Waals surface area contributed by atoms with Crippen LogP contribution in [0.5, 0.6) is 0 Å². The summed E-state index contributed by atoms with van der Waals surface area (Å²) in [4.78, 5) is 44.4. The third kappa shape index (κ3) is 9.95. The molecule has 2 aliphatic heterocycles. The van der Waals surface area contributed by atoms with Crippen molar-refractivity contribution in [2.45, 2.75) is 76.1 Å². The number of amides is 2. The molecule has 4 aromatic heterocycles. The van der Waals surface area contributed by atoms with Gasteiger partial charge in [-0.05, 0) is 144 Å². The first kappa shape index (κ1) is 52.6. The molecule has 6 heterocycles. The summed E-state index contributed by atoms with van der Waals surface area (Å²) in [7, 11) is 1.75. The summed E-state index contributed by atoms with van der Waals surface area (Å²) in [5.41, 5.74) is -0.0185. The van der Waals surface area contributed by atoms with Gasteiger partial charge in [0.1, 0.15) is 36.0 Å². The van der Waals surface area contributed by atoms with Crippen LogP contribution in [-0.2, 0) is 32.5 Å². The highest BCUT2D eigenvalue weighted by Gasteiger charge is 2.43. The van der Waals surface area contributed by atoms with E-state index in [1.165, 1.54) is 52.6 Å². The molecule has 2 amide bonds. The maximum atomic E-state index is 14.3. The summed E-state index contributed by atoms with van der Waals surface area (Å²) in [5, 5.41) is 53.2. The van der Waals surface area contributed by atoms with Crippen LogP contribution in [0.3, 0.4) is 0 Å². The lowest BCUT2D eigenvalue weighted by Gasteiger charge is -2.40. The van der Waals surface area contributed by atoms with E-state index in [0.29, 0.717) is 57.6 Å². The van der Waals surface area contributed by atoms with E-state index in [9.17, 15) is 51.7 Å². The fraction of sp³-hybridized carbons (Fsp3) is 0.228. The number of fused-ring (bicyclic) bond motifs is 2. The molecule has 11 rings (SSSR count). The van der Waals surface area contributed by atoms with Crippen LogP contribution in [-0.4, -0.2) is 63.0 Å². The van der Waals surface area contributed by atoms with E-state index >= 15 is 0 Å². The number of hydrogen-bond acceptors (Lipinski definition) is 13. The van der Waals surface area contributed by atoms with Crippen molar-refractivity contribution in [1.29, 1.82) is 15.8 Å². The Labute approximate surface area is 457 Å². The van der Waals surface area contributed by atoms with E-state index in [2.05, 4.69) is 65.2 Å².